The molecule has 0 radical (unpaired) electrons. The highest BCUT2D eigenvalue weighted by atomic mass is 19.4. The lowest BCUT2D eigenvalue weighted by Gasteiger charge is -2.13. The fourth-order valence-electron chi connectivity index (χ4n) is 2.11. The minimum Gasteiger partial charge on any atom is -0.506 e. The lowest BCUT2D eigenvalue weighted by Crippen LogP contribution is -2.19. The van der Waals surface area contributed by atoms with Gasteiger partial charge in [-0.1, -0.05) is 12.1 Å². The van der Waals surface area contributed by atoms with E-state index in [1.165, 1.54) is 24.3 Å². The fourth-order valence-corrected chi connectivity index (χ4v) is 2.11. The van der Waals surface area contributed by atoms with E-state index < -0.39 is 40.9 Å². The van der Waals surface area contributed by atoms with Crippen LogP contribution in [0.4, 0.5) is 33.7 Å². The maximum Gasteiger partial charge on any atom is 0.419 e. The molecule has 26 heavy (non-hydrogen) atoms. The van der Waals surface area contributed by atoms with Crippen LogP contribution < -0.4 is 16.4 Å². The Labute approximate surface area is 144 Å². The summed E-state index contributed by atoms with van der Waals surface area (Å²) in [6.07, 6.45) is -5.20. The number of halogens is 4. The number of carbonyl (C=O) groups is 2. The topological polar surface area (TPSA) is 104 Å². The monoisotopic (exact) mass is 371 g/mol. The van der Waals surface area contributed by atoms with E-state index in [0.29, 0.717) is 17.3 Å². The largest absolute Gasteiger partial charge is 0.506 e. The Morgan fingerprint density at radius 3 is 2.23 bits per heavy atom. The molecule has 6 nitrogen and oxygen atoms in total. The fraction of sp³-hybridized carbons (Fsp3) is 0.125. The Bertz CT molecular complexity index is 836. The number of aromatic hydroxyl groups is 1. The number of hydrogen-bond acceptors (Lipinski definition) is 3. The second kappa shape index (κ2) is 7.30. The van der Waals surface area contributed by atoms with Gasteiger partial charge in [0, 0.05) is 11.8 Å². The summed E-state index contributed by atoms with van der Waals surface area (Å²) in [6.45, 7) is 0. The van der Waals surface area contributed by atoms with Crippen molar-refractivity contribution < 1.29 is 32.3 Å². The predicted octanol–water partition coefficient (Wildman–Crippen LogP) is 3.22. The first-order chi connectivity index (χ1) is 12.1. The van der Waals surface area contributed by atoms with Crippen molar-refractivity contribution in [1.29, 1.82) is 0 Å². The standard InChI is InChI=1S/C16H13F4N3O3/c17-11-7-13(24)12(6-10(11)16(18,19)20)23-14(25)5-8-1-3-9(4-2-8)22-15(21)26/h1-4,6-7,24H,5H2,(H,23,25)(H3,21,22,26). The molecule has 0 aliphatic carbocycles. The van der Waals surface area contributed by atoms with E-state index >= 15 is 0 Å². The van der Waals surface area contributed by atoms with Crippen molar-refractivity contribution in [3.05, 3.63) is 53.3 Å². The zero-order chi connectivity index (χ0) is 19.5. The van der Waals surface area contributed by atoms with E-state index in [4.69, 9.17) is 5.73 Å². The van der Waals surface area contributed by atoms with E-state index in [0.717, 1.165) is 0 Å². The van der Waals surface area contributed by atoms with Crippen LogP contribution in [0.25, 0.3) is 0 Å². The van der Waals surface area contributed by atoms with Crippen molar-refractivity contribution >= 4 is 23.3 Å². The van der Waals surface area contributed by atoms with Gasteiger partial charge in [-0.15, -0.1) is 0 Å². The summed E-state index contributed by atoms with van der Waals surface area (Å²) in [5.41, 5.74) is 3.67. The first kappa shape index (κ1) is 19.0. The third kappa shape index (κ3) is 4.85. The molecule has 0 aromatic heterocycles. The molecule has 0 fully saturated rings. The van der Waals surface area contributed by atoms with Gasteiger partial charge in [0.2, 0.25) is 5.91 Å². The van der Waals surface area contributed by atoms with Gasteiger partial charge >= 0.3 is 12.2 Å². The van der Waals surface area contributed by atoms with Crippen molar-refractivity contribution in [2.24, 2.45) is 5.73 Å². The Morgan fingerprint density at radius 1 is 1.08 bits per heavy atom. The number of alkyl halides is 3. The molecule has 0 saturated heterocycles. The molecule has 3 amide bonds. The molecular formula is C16H13F4N3O3. The second-order valence-electron chi connectivity index (χ2n) is 5.26. The quantitative estimate of drug-likeness (QED) is 0.490. The van der Waals surface area contributed by atoms with Gasteiger partial charge in [0.1, 0.15) is 11.6 Å². The molecule has 5 N–H and O–H groups in total. The number of urea groups is 1. The maximum atomic E-state index is 13.3. The Hall–Kier alpha value is -3.30. The van der Waals surface area contributed by atoms with Crippen LogP contribution in [0, 0.1) is 5.82 Å². The summed E-state index contributed by atoms with van der Waals surface area (Å²) in [7, 11) is 0. The Kier molecular flexibility index (Phi) is 5.34. The maximum absolute atomic E-state index is 13.3. The van der Waals surface area contributed by atoms with E-state index in [-0.39, 0.29) is 12.5 Å². The van der Waals surface area contributed by atoms with Gasteiger partial charge in [0.25, 0.3) is 0 Å². The van der Waals surface area contributed by atoms with E-state index in [1.807, 2.05) is 0 Å². The van der Waals surface area contributed by atoms with Crippen molar-refractivity contribution in [3.8, 4) is 5.75 Å². The molecular weight excluding hydrogens is 358 g/mol. The molecule has 0 unspecified atom stereocenters. The number of nitrogens with one attached hydrogen (secondary N) is 2. The summed E-state index contributed by atoms with van der Waals surface area (Å²) in [6, 6.07) is 5.79. The highest BCUT2D eigenvalue weighted by Crippen LogP contribution is 2.36. The first-order valence-corrected chi connectivity index (χ1v) is 7.11. The number of amides is 3. The van der Waals surface area contributed by atoms with Gasteiger partial charge in [0.15, 0.2) is 0 Å². The number of primary amides is 1. The molecule has 2 rings (SSSR count). The van der Waals surface area contributed by atoms with Gasteiger partial charge in [-0.05, 0) is 23.8 Å². The van der Waals surface area contributed by atoms with Crippen LogP contribution in [0.1, 0.15) is 11.1 Å². The molecule has 0 spiro atoms. The number of rotatable bonds is 4. The van der Waals surface area contributed by atoms with Crippen LogP contribution in [-0.2, 0) is 17.4 Å². The predicted molar refractivity (Wildman–Crippen MR) is 85.0 cm³/mol. The van der Waals surface area contributed by atoms with Gasteiger partial charge in [-0.3, -0.25) is 4.79 Å². The molecule has 0 atom stereocenters. The SMILES string of the molecule is NC(=O)Nc1ccc(CC(=O)Nc2cc(C(F)(F)F)c(F)cc2O)cc1. The summed E-state index contributed by atoms with van der Waals surface area (Å²) in [5.74, 6) is -3.20. The average Bonchev–Trinajstić information content (AvgIpc) is 2.50. The minimum absolute atomic E-state index is 0.227. The number of phenolic OH excluding ortho intramolecular Hbond substituents is 1. The zero-order valence-electron chi connectivity index (χ0n) is 13.0. The number of phenols is 1. The number of carbonyl (C=O) groups excluding carboxylic acids is 2. The molecule has 0 heterocycles. The van der Waals surface area contributed by atoms with Crippen LogP contribution in [0.15, 0.2) is 36.4 Å². The Balaban J connectivity index is 2.11. The van der Waals surface area contributed by atoms with Gasteiger partial charge in [-0.25, -0.2) is 9.18 Å². The summed E-state index contributed by atoms with van der Waals surface area (Å²) in [5, 5.41) is 14.0. The zero-order valence-corrected chi connectivity index (χ0v) is 13.0. The van der Waals surface area contributed by atoms with Crippen molar-refractivity contribution in [1.82, 2.24) is 0 Å². The second-order valence-corrected chi connectivity index (χ2v) is 5.26. The molecule has 10 heteroatoms. The third-order valence-corrected chi connectivity index (χ3v) is 3.25. The lowest BCUT2D eigenvalue weighted by molar-refractivity contribution is -0.140. The molecule has 0 bridgehead atoms. The van der Waals surface area contributed by atoms with Gasteiger partial charge in [0.05, 0.1) is 17.7 Å². The molecule has 0 saturated carbocycles. The number of nitrogens with two attached hydrogens (primary N) is 1. The highest BCUT2D eigenvalue weighted by molar-refractivity contribution is 5.94. The van der Waals surface area contributed by atoms with Crippen LogP contribution in [0.2, 0.25) is 0 Å². The summed E-state index contributed by atoms with van der Waals surface area (Å²) in [4.78, 5) is 22.7. The number of benzene rings is 2. The normalized spacial score (nSPS) is 11.1. The van der Waals surface area contributed by atoms with Gasteiger partial charge < -0.3 is 21.5 Å². The van der Waals surface area contributed by atoms with Crippen LogP contribution in [0.3, 0.4) is 0 Å². The number of anilines is 2. The summed E-state index contributed by atoms with van der Waals surface area (Å²) < 4.78 is 51.4. The molecule has 0 aliphatic heterocycles. The molecule has 138 valence electrons. The molecule has 2 aromatic rings. The third-order valence-electron chi connectivity index (χ3n) is 3.25. The van der Waals surface area contributed by atoms with Crippen molar-refractivity contribution in [2.45, 2.75) is 12.6 Å². The van der Waals surface area contributed by atoms with Crippen LogP contribution in [-0.4, -0.2) is 17.0 Å². The summed E-state index contributed by atoms with van der Waals surface area (Å²) >= 11 is 0. The molecule has 2 aromatic carbocycles. The van der Waals surface area contributed by atoms with E-state index in [9.17, 15) is 32.3 Å². The first-order valence-electron chi connectivity index (χ1n) is 7.11. The lowest BCUT2D eigenvalue weighted by atomic mass is 10.1. The van der Waals surface area contributed by atoms with E-state index in [1.54, 1.807) is 0 Å². The van der Waals surface area contributed by atoms with Crippen molar-refractivity contribution in [2.75, 3.05) is 10.6 Å². The smallest absolute Gasteiger partial charge is 0.419 e. The van der Waals surface area contributed by atoms with Crippen LogP contribution >= 0.6 is 0 Å². The van der Waals surface area contributed by atoms with E-state index in [2.05, 4.69) is 10.6 Å². The Morgan fingerprint density at radius 2 is 1.69 bits per heavy atom. The number of hydrogen-bond donors (Lipinski definition) is 4. The van der Waals surface area contributed by atoms with Crippen molar-refractivity contribution in [3.63, 3.8) is 0 Å². The van der Waals surface area contributed by atoms with Crippen LogP contribution in [0.5, 0.6) is 5.75 Å². The molecule has 0 aliphatic rings. The minimum atomic E-state index is -4.97. The highest BCUT2D eigenvalue weighted by Gasteiger charge is 2.35. The average molecular weight is 371 g/mol. The van der Waals surface area contributed by atoms with Gasteiger partial charge in [-0.2, -0.15) is 13.2 Å².